The number of hydrogen-bond acceptors (Lipinski definition) is 3. The van der Waals surface area contributed by atoms with Crippen molar-refractivity contribution < 1.29 is 14.7 Å². The number of likely N-dealkylation sites (N-methyl/N-ethyl adjacent to an activating group) is 1. The van der Waals surface area contributed by atoms with E-state index in [4.69, 9.17) is 23.2 Å². The first-order chi connectivity index (χ1) is 11.8. The molecule has 0 aromatic heterocycles. The van der Waals surface area contributed by atoms with Crippen molar-refractivity contribution in [2.75, 3.05) is 31.5 Å². The Morgan fingerprint density at radius 3 is 2.16 bits per heavy atom. The van der Waals surface area contributed by atoms with E-state index in [9.17, 15) is 14.7 Å². The molecule has 2 rings (SSSR count). The van der Waals surface area contributed by atoms with Crippen LogP contribution < -0.4 is 5.32 Å². The minimum atomic E-state index is -1.40. The second-order valence-electron chi connectivity index (χ2n) is 6.08. The molecule has 1 fully saturated rings. The lowest BCUT2D eigenvalue weighted by molar-refractivity contribution is -0.155. The SMILES string of the molecule is CCN(CC)C(=O)C1(O)CCN(C(=O)Nc2cc(Cl)cc(Cl)c2)CC1. The summed E-state index contributed by atoms with van der Waals surface area (Å²) < 4.78 is 0. The standard InChI is InChI=1S/C17H23Cl2N3O3/c1-3-21(4-2)15(23)17(25)5-7-22(8-6-17)16(24)20-14-10-12(18)9-13(19)11-14/h9-11,25H,3-8H2,1-2H3,(H,20,24). The quantitative estimate of drug-likeness (QED) is 0.832. The van der Waals surface area contributed by atoms with Crippen LogP contribution in [0.3, 0.4) is 0 Å². The van der Waals surface area contributed by atoms with Crippen LogP contribution in [0.15, 0.2) is 18.2 Å². The Kier molecular flexibility index (Phi) is 6.54. The topological polar surface area (TPSA) is 72.9 Å². The zero-order valence-electron chi connectivity index (χ0n) is 14.4. The van der Waals surface area contributed by atoms with Crippen molar-refractivity contribution in [3.63, 3.8) is 0 Å². The first-order valence-corrected chi connectivity index (χ1v) is 9.08. The number of rotatable bonds is 4. The highest BCUT2D eigenvalue weighted by Crippen LogP contribution is 2.26. The van der Waals surface area contributed by atoms with Gasteiger partial charge in [-0.05, 0) is 32.0 Å². The molecule has 2 N–H and O–H groups in total. The van der Waals surface area contributed by atoms with Gasteiger partial charge in [-0.15, -0.1) is 0 Å². The molecule has 8 heteroatoms. The zero-order valence-corrected chi connectivity index (χ0v) is 15.9. The van der Waals surface area contributed by atoms with E-state index in [0.29, 0.717) is 41.9 Å². The van der Waals surface area contributed by atoms with E-state index < -0.39 is 5.60 Å². The van der Waals surface area contributed by atoms with Crippen LogP contribution in [0.5, 0.6) is 0 Å². The van der Waals surface area contributed by atoms with Gasteiger partial charge in [-0.25, -0.2) is 4.79 Å². The van der Waals surface area contributed by atoms with Crippen molar-refractivity contribution >= 4 is 40.8 Å². The van der Waals surface area contributed by atoms with Crippen molar-refractivity contribution in [3.8, 4) is 0 Å². The van der Waals surface area contributed by atoms with Crippen LogP contribution in [0.1, 0.15) is 26.7 Å². The van der Waals surface area contributed by atoms with Gasteiger partial charge >= 0.3 is 6.03 Å². The maximum absolute atomic E-state index is 12.5. The molecular formula is C17H23Cl2N3O3. The smallest absolute Gasteiger partial charge is 0.321 e. The number of carbonyl (C=O) groups is 2. The number of piperidine rings is 1. The number of hydrogen-bond donors (Lipinski definition) is 2. The number of urea groups is 1. The van der Waals surface area contributed by atoms with E-state index in [-0.39, 0.29) is 24.8 Å². The van der Waals surface area contributed by atoms with Crippen LogP contribution in [-0.4, -0.2) is 58.6 Å². The van der Waals surface area contributed by atoms with Gasteiger partial charge in [0, 0.05) is 54.8 Å². The minimum Gasteiger partial charge on any atom is -0.380 e. The Morgan fingerprint density at radius 1 is 1.16 bits per heavy atom. The molecule has 3 amide bonds. The van der Waals surface area contributed by atoms with Crippen LogP contribution in [0, 0.1) is 0 Å². The minimum absolute atomic E-state index is 0.214. The van der Waals surface area contributed by atoms with Gasteiger partial charge in [-0.2, -0.15) is 0 Å². The molecule has 25 heavy (non-hydrogen) atoms. The summed E-state index contributed by atoms with van der Waals surface area (Å²) in [5, 5.41) is 14.2. The lowest BCUT2D eigenvalue weighted by Crippen LogP contribution is -2.56. The molecule has 1 heterocycles. The maximum atomic E-state index is 12.5. The fraction of sp³-hybridized carbons (Fsp3) is 0.529. The van der Waals surface area contributed by atoms with Crippen LogP contribution in [0.2, 0.25) is 10.0 Å². The predicted octanol–water partition coefficient (Wildman–Crippen LogP) is 3.22. The highest BCUT2D eigenvalue weighted by atomic mass is 35.5. The molecule has 0 aliphatic carbocycles. The molecule has 0 spiro atoms. The van der Waals surface area contributed by atoms with E-state index in [2.05, 4.69) is 5.32 Å². The lowest BCUT2D eigenvalue weighted by atomic mass is 9.90. The van der Waals surface area contributed by atoms with Crippen molar-refractivity contribution in [2.45, 2.75) is 32.3 Å². The van der Waals surface area contributed by atoms with Crippen molar-refractivity contribution in [1.82, 2.24) is 9.80 Å². The molecule has 0 unspecified atom stereocenters. The van der Waals surface area contributed by atoms with Gasteiger partial charge in [-0.1, -0.05) is 23.2 Å². The summed E-state index contributed by atoms with van der Waals surface area (Å²) in [4.78, 5) is 28.0. The molecule has 1 aliphatic rings. The van der Waals surface area contributed by atoms with Gasteiger partial charge in [0.1, 0.15) is 5.60 Å². The molecule has 1 aromatic rings. The zero-order chi connectivity index (χ0) is 18.6. The largest absolute Gasteiger partial charge is 0.380 e. The highest BCUT2D eigenvalue weighted by molar-refractivity contribution is 6.35. The van der Waals surface area contributed by atoms with Gasteiger partial charge in [0.25, 0.3) is 5.91 Å². The van der Waals surface area contributed by atoms with E-state index in [1.165, 1.54) is 0 Å². The maximum Gasteiger partial charge on any atom is 0.321 e. The van der Waals surface area contributed by atoms with Gasteiger partial charge in [0.05, 0.1) is 0 Å². The van der Waals surface area contributed by atoms with Gasteiger partial charge in [0.2, 0.25) is 0 Å². The van der Waals surface area contributed by atoms with Gasteiger partial charge < -0.3 is 20.2 Å². The lowest BCUT2D eigenvalue weighted by Gasteiger charge is -2.39. The second-order valence-corrected chi connectivity index (χ2v) is 6.96. The van der Waals surface area contributed by atoms with Gasteiger partial charge in [-0.3, -0.25) is 4.79 Å². The Hall–Kier alpha value is -1.50. The van der Waals surface area contributed by atoms with E-state index in [0.717, 1.165) is 0 Å². The fourth-order valence-corrected chi connectivity index (χ4v) is 3.45. The molecule has 0 atom stereocenters. The van der Waals surface area contributed by atoms with Crippen molar-refractivity contribution in [2.24, 2.45) is 0 Å². The van der Waals surface area contributed by atoms with Crippen LogP contribution >= 0.6 is 23.2 Å². The number of carbonyl (C=O) groups excluding carboxylic acids is 2. The molecule has 138 valence electrons. The molecule has 0 saturated carbocycles. The third kappa shape index (κ3) is 4.77. The number of halogens is 2. The van der Waals surface area contributed by atoms with Crippen LogP contribution in [-0.2, 0) is 4.79 Å². The summed E-state index contributed by atoms with van der Waals surface area (Å²) in [5.74, 6) is -0.265. The van der Waals surface area contributed by atoms with E-state index in [1.54, 1.807) is 28.0 Å². The first kappa shape index (κ1) is 19.8. The molecule has 0 radical (unpaired) electrons. The van der Waals surface area contributed by atoms with E-state index in [1.807, 2.05) is 13.8 Å². The third-order valence-corrected chi connectivity index (χ3v) is 4.88. The highest BCUT2D eigenvalue weighted by Gasteiger charge is 2.42. The first-order valence-electron chi connectivity index (χ1n) is 8.33. The van der Waals surface area contributed by atoms with Crippen LogP contribution in [0.25, 0.3) is 0 Å². The summed E-state index contributed by atoms with van der Waals surface area (Å²) in [6.07, 6.45) is 0.429. The third-order valence-electron chi connectivity index (χ3n) is 4.44. The molecule has 1 aromatic carbocycles. The molecular weight excluding hydrogens is 365 g/mol. The number of anilines is 1. The number of likely N-dealkylation sites (tertiary alicyclic amines) is 1. The van der Waals surface area contributed by atoms with Crippen molar-refractivity contribution in [1.29, 1.82) is 0 Å². The predicted molar refractivity (Wildman–Crippen MR) is 99.2 cm³/mol. The number of nitrogens with one attached hydrogen (secondary N) is 1. The summed E-state index contributed by atoms with van der Waals surface area (Å²) in [6, 6.07) is 4.49. The number of aliphatic hydroxyl groups is 1. The summed E-state index contributed by atoms with van der Waals surface area (Å²) in [6.45, 7) is 5.45. The molecule has 1 aliphatic heterocycles. The fourth-order valence-electron chi connectivity index (χ4n) is 2.93. The normalized spacial score (nSPS) is 16.4. The summed E-state index contributed by atoms with van der Waals surface area (Å²) in [5.41, 5.74) is -0.898. The monoisotopic (exact) mass is 387 g/mol. The average molecular weight is 388 g/mol. The van der Waals surface area contributed by atoms with Gasteiger partial charge in [0.15, 0.2) is 0 Å². The second kappa shape index (κ2) is 8.25. The van der Waals surface area contributed by atoms with E-state index >= 15 is 0 Å². The Balaban J connectivity index is 1.97. The van der Waals surface area contributed by atoms with Crippen molar-refractivity contribution in [3.05, 3.63) is 28.2 Å². The number of benzene rings is 1. The number of nitrogens with zero attached hydrogens (tertiary/aromatic N) is 2. The summed E-state index contributed by atoms with van der Waals surface area (Å²) >= 11 is 11.8. The Labute approximate surface area is 157 Å². The average Bonchev–Trinajstić information content (AvgIpc) is 2.55. The molecule has 6 nitrogen and oxygen atoms in total. The Bertz CT molecular complexity index is 622. The molecule has 0 bridgehead atoms. The Morgan fingerprint density at radius 2 is 1.68 bits per heavy atom. The summed E-state index contributed by atoms with van der Waals surface area (Å²) in [7, 11) is 0. The van der Waals surface area contributed by atoms with Crippen LogP contribution in [0.4, 0.5) is 10.5 Å². The number of amides is 3. The molecule has 1 saturated heterocycles.